The molecule has 1 saturated heterocycles. The van der Waals surface area contributed by atoms with E-state index < -0.39 is 0 Å². The van der Waals surface area contributed by atoms with Gasteiger partial charge in [0.25, 0.3) is 0 Å². The fourth-order valence-corrected chi connectivity index (χ4v) is 1.99. The molecule has 3 nitrogen and oxygen atoms in total. The first-order valence-electron chi connectivity index (χ1n) is 6.53. The van der Waals surface area contributed by atoms with Crippen LogP contribution in [0.5, 0.6) is 0 Å². The lowest BCUT2D eigenvalue weighted by Gasteiger charge is -1.99. The minimum absolute atomic E-state index is 0.142. The summed E-state index contributed by atoms with van der Waals surface area (Å²) in [6.45, 7) is 2.23. The Morgan fingerprint density at radius 2 is 1.75 bits per heavy atom. The summed E-state index contributed by atoms with van der Waals surface area (Å²) in [6, 6.07) is 0. The van der Waals surface area contributed by atoms with E-state index in [0.29, 0.717) is 0 Å². The Bertz CT molecular complexity index is 203. The van der Waals surface area contributed by atoms with E-state index in [-0.39, 0.29) is 18.2 Å². The van der Waals surface area contributed by atoms with Crippen LogP contribution in [-0.2, 0) is 14.3 Å². The molecule has 0 spiro atoms. The number of esters is 1. The number of unbranched alkanes of at least 4 members (excludes halogenated alkanes) is 6. The summed E-state index contributed by atoms with van der Waals surface area (Å²) in [4.78, 5) is 11.0. The zero-order valence-corrected chi connectivity index (χ0v) is 10.5. The summed E-state index contributed by atoms with van der Waals surface area (Å²) in [7, 11) is 1.41. The molecule has 1 rings (SSSR count). The van der Waals surface area contributed by atoms with Crippen molar-refractivity contribution in [1.29, 1.82) is 0 Å². The van der Waals surface area contributed by atoms with E-state index in [1.54, 1.807) is 0 Å². The van der Waals surface area contributed by atoms with Crippen molar-refractivity contribution in [3.05, 3.63) is 0 Å². The van der Waals surface area contributed by atoms with Crippen LogP contribution in [0.3, 0.4) is 0 Å². The molecule has 0 N–H and O–H groups in total. The third kappa shape index (κ3) is 4.97. The van der Waals surface area contributed by atoms with Crippen LogP contribution >= 0.6 is 0 Å². The highest BCUT2D eigenvalue weighted by atomic mass is 16.6. The number of rotatable bonds is 9. The minimum atomic E-state index is -0.259. The molecular formula is C13H24O3. The number of methoxy groups -OCH3 is 1. The lowest BCUT2D eigenvalue weighted by Crippen LogP contribution is -2.11. The maximum atomic E-state index is 11.0. The predicted molar refractivity (Wildman–Crippen MR) is 63.3 cm³/mol. The normalized spacial score (nSPS) is 23.1. The standard InChI is InChI=1S/C13H24O3/c1-3-4-5-6-7-8-9-10-11-12(16-11)13(14)15-2/h11-12H,3-10H2,1-2H3/t11-,12+/m1/s1. The Balaban J connectivity index is 1.84. The van der Waals surface area contributed by atoms with E-state index >= 15 is 0 Å². The molecule has 1 aliphatic heterocycles. The van der Waals surface area contributed by atoms with Crippen LogP contribution in [0, 0.1) is 0 Å². The summed E-state index contributed by atoms with van der Waals surface area (Å²) in [5.74, 6) is -0.215. The van der Waals surface area contributed by atoms with Gasteiger partial charge in [-0.05, 0) is 6.42 Å². The van der Waals surface area contributed by atoms with Crippen LogP contribution in [0.1, 0.15) is 58.3 Å². The third-order valence-electron chi connectivity index (χ3n) is 3.11. The van der Waals surface area contributed by atoms with E-state index in [2.05, 4.69) is 11.7 Å². The van der Waals surface area contributed by atoms with Gasteiger partial charge in [0, 0.05) is 0 Å². The van der Waals surface area contributed by atoms with Crippen LogP contribution < -0.4 is 0 Å². The molecule has 0 aromatic heterocycles. The number of ether oxygens (including phenoxy) is 2. The van der Waals surface area contributed by atoms with Crippen molar-refractivity contribution in [1.82, 2.24) is 0 Å². The molecule has 16 heavy (non-hydrogen) atoms. The van der Waals surface area contributed by atoms with Crippen LogP contribution in [0.15, 0.2) is 0 Å². The highest BCUT2D eigenvalue weighted by Gasteiger charge is 2.45. The van der Waals surface area contributed by atoms with Crippen LogP contribution in [0.25, 0.3) is 0 Å². The van der Waals surface area contributed by atoms with Gasteiger partial charge in [0.15, 0.2) is 6.10 Å². The first-order chi connectivity index (χ1) is 7.79. The molecule has 3 heteroatoms. The number of hydrogen-bond acceptors (Lipinski definition) is 3. The molecule has 2 atom stereocenters. The van der Waals surface area contributed by atoms with Crippen molar-refractivity contribution in [2.75, 3.05) is 7.11 Å². The second-order valence-corrected chi connectivity index (χ2v) is 4.53. The molecule has 0 radical (unpaired) electrons. The largest absolute Gasteiger partial charge is 0.467 e. The Morgan fingerprint density at radius 1 is 1.12 bits per heavy atom. The second-order valence-electron chi connectivity index (χ2n) is 4.53. The van der Waals surface area contributed by atoms with E-state index in [9.17, 15) is 4.79 Å². The fraction of sp³-hybridized carbons (Fsp3) is 0.923. The highest BCUT2D eigenvalue weighted by Crippen LogP contribution is 2.28. The van der Waals surface area contributed by atoms with Gasteiger partial charge in [-0.3, -0.25) is 0 Å². The molecule has 0 saturated carbocycles. The van der Waals surface area contributed by atoms with Crippen LogP contribution in [0.4, 0.5) is 0 Å². The van der Waals surface area contributed by atoms with Crippen molar-refractivity contribution in [2.24, 2.45) is 0 Å². The third-order valence-corrected chi connectivity index (χ3v) is 3.11. The molecular weight excluding hydrogens is 204 g/mol. The van der Waals surface area contributed by atoms with Crippen molar-refractivity contribution >= 4 is 5.97 Å². The van der Waals surface area contributed by atoms with E-state index in [1.807, 2.05) is 0 Å². The molecule has 0 aromatic carbocycles. The number of carbonyl (C=O) groups excluding carboxylic acids is 1. The van der Waals surface area contributed by atoms with Crippen molar-refractivity contribution in [2.45, 2.75) is 70.5 Å². The molecule has 0 unspecified atom stereocenters. The zero-order chi connectivity index (χ0) is 11.8. The van der Waals surface area contributed by atoms with Crippen LogP contribution in [0.2, 0.25) is 0 Å². The van der Waals surface area contributed by atoms with Crippen molar-refractivity contribution in [3.63, 3.8) is 0 Å². The molecule has 1 fully saturated rings. The average molecular weight is 228 g/mol. The van der Waals surface area contributed by atoms with Gasteiger partial charge in [-0.1, -0.05) is 51.9 Å². The smallest absolute Gasteiger partial charge is 0.337 e. The van der Waals surface area contributed by atoms with Gasteiger partial charge in [-0.2, -0.15) is 0 Å². The second kappa shape index (κ2) is 7.66. The average Bonchev–Trinajstić information content (AvgIpc) is 3.06. The molecule has 0 bridgehead atoms. The number of carbonyl (C=O) groups is 1. The fourth-order valence-electron chi connectivity index (χ4n) is 1.99. The van der Waals surface area contributed by atoms with Crippen LogP contribution in [-0.4, -0.2) is 25.3 Å². The van der Waals surface area contributed by atoms with E-state index in [0.717, 1.165) is 6.42 Å². The Kier molecular flexibility index (Phi) is 6.46. The monoisotopic (exact) mass is 228 g/mol. The molecule has 0 aliphatic carbocycles. The van der Waals surface area contributed by atoms with Gasteiger partial charge in [0.2, 0.25) is 0 Å². The summed E-state index contributed by atoms with van der Waals surface area (Å²) in [5.41, 5.74) is 0. The van der Waals surface area contributed by atoms with Crippen molar-refractivity contribution < 1.29 is 14.3 Å². The SMILES string of the molecule is CCCCCCCCC[C@H]1O[C@@H]1C(=O)OC. The Morgan fingerprint density at radius 3 is 2.38 bits per heavy atom. The van der Waals surface area contributed by atoms with Gasteiger partial charge in [-0.15, -0.1) is 0 Å². The molecule has 1 aliphatic rings. The van der Waals surface area contributed by atoms with Gasteiger partial charge < -0.3 is 9.47 Å². The van der Waals surface area contributed by atoms with E-state index in [4.69, 9.17) is 4.74 Å². The molecule has 1 heterocycles. The van der Waals surface area contributed by atoms with Gasteiger partial charge in [0.05, 0.1) is 13.2 Å². The zero-order valence-electron chi connectivity index (χ0n) is 10.5. The maximum absolute atomic E-state index is 11.0. The maximum Gasteiger partial charge on any atom is 0.337 e. The van der Waals surface area contributed by atoms with Gasteiger partial charge >= 0.3 is 5.97 Å². The summed E-state index contributed by atoms with van der Waals surface area (Å²) < 4.78 is 9.85. The van der Waals surface area contributed by atoms with E-state index in [1.165, 1.54) is 52.1 Å². The highest BCUT2D eigenvalue weighted by molar-refractivity contribution is 5.77. The predicted octanol–water partition coefficient (Wildman–Crippen LogP) is 3.07. The van der Waals surface area contributed by atoms with Gasteiger partial charge in [0.1, 0.15) is 0 Å². The molecule has 94 valence electrons. The summed E-state index contributed by atoms with van der Waals surface area (Å²) in [5, 5.41) is 0. The Hall–Kier alpha value is -0.570. The Labute approximate surface area is 98.5 Å². The topological polar surface area (TPSA) is 38.8 Å². The number of hydrogen-bond donors (Lipinski definition) is 0. The first-order valence-corrected chi connectivity index (χ1v) is 6.53. The quantitative estimate of drug-likeness (QED) is 0.346. The minimum Gasteiger partial charge on any atom is -0.467 e. The molecule has 0 aromatic rings. The number of epoxide rings is 1. The van der Waals surface area contributed by atoms with Crippen molar-refractivity contribution in [3.8, 4) is 0 Å². The first kappa shape index (κ1) is 13.5. The lowest BCUT2D eigenvalue weighted by molar-refractivity contribution is -0.142. The lowest BCUT2D eigenvalue weighted by atomic mass is 10.1. The summed E-state index contributed by atoms with van der Waals surface area (Å²) >= 11 is 0. The molecule has 0 amide bonds. The van der Waals surface area contributed by atoms with Gasteiger partial charge in [-0.25, -0.2) is 4.79 Å². The summed E-state index contributed by atoms with van der Waals surface area (Å²) in [6.07, 6.45) is 10.0.